The van der Waals surface area contributed by atoms with E-state index >= 15 is 0 Å². The van der Waals surface area contributed by atoms with Gasteiger partial charge in [0.15, 0.2) is 23.8 Å². The summed E-state index contributed by atoms with van der Waals surface area (Å²) in [6, 6.07) is 4.41. The normalized spacial score (nSPS) is 22.6. The molecule has 2 bridgehead atoms. The Morgan fingerprint density at radius 2 is 1.86 bits per heavy atom. The summed E-state index contributed by atoms with van der Waals surface area (Å²) in [5.74, 6) is -5.01. The van der Waals surface area contributed by atoms with Crippen LogP contribution in [0.25, 0.3) is 5.65 Å². The molecular weight excluding hydrogens is 478 g/mol. The molecule has 5 rings (SSSR count). The van der Waals surface area contributed by atoms with Gasteiger partial charge >= 0.3 is 12.1 Å². The maximum atomic E-state index is 14.4. The second-order valence-electron chi connectivity index (χ2n) is 9.02. The highest BCUT2D eigenvalue weighted by Gasteiger charge is 2.58. The number of ether oxygens (including phenoxy) is 1. The summed E-state index contributed by atoms with van der Waals surface area (Å²) >= 11 is 0. The number of hydrogen-bond donors (Lipinski definition) is 1. The first-order valence-corrected chi connectivity index (χ1v) is 11.1. The lowest BCUT2D eigenvalue weighted by molar-refractivity contribution is -0.289. The molecule has 2 aliphatic rings. The van der Waals surface area contributed by atoms with Crippen LogP contribution in [0.1, 0.15) is 18.5 Å². The van der Waals surface area contributed by atoms with Crippen LogP contribution >= 0.6 is 0 Å². The summed E-state index contributed by atoms with van der Waals surface area (Å²) in [5, 5.41) is 7.58. The van der Waals surface area contributed by atoms with Crippen LogP contribution in [0.5, 0.6) is 5.75 Å². The lowest BCUT2D eigenvalue weighted by atomic mass is 9.92. The van der Waals surface area contributed by atoms with Crippen molar-refractivity contribution in [2.45, 2.75) is 37.9 Å². The zero-order chi connectivity index (χ0) is 25.0. The summed E-state index contributed by atoms with van der Waals surface area (Å²) in [7, 11) is 0. The number of hydrogen-bond acceptors (Lipinski definition) is 6. The number of pyridine rings is 2. The Morgan fingerprint density at radius 3 is 2.54 bits per heavy atom. The third-order valence-corrected chi connectivity index (χ3v) is 6.59. The molecule has 3 atom stereocenters. The quantitative estimate of drug-likeness (QED) is 0.504. The molecule has 7 nitrogen and oxygen atoms in total. The molecule has 0 aromatic carbocycles. The van der Waals surface area contributed by atoms with E-state index in [1.54, 1.807) is 6.07 Å². The van der Waals surface area contributed by atoms with E-state index in [4.69, 9.17) is 4.74 Å². The second kappa shape index (κ2) is 8.45. The predicted octanol–water partition coefficient (Wildman–Crippen LogP) is 4.48. The molecule has 0 radical (unpaired) electrons. The van der Waals surface area contributed by atoms with Gasteiger partial charge in [0, 0.05) is 31.0 Å². The van der Waals surface area contributed by atoms with Crippen molar-refractivity contribution in [2.24, 2.45) is 11.8 Å². The number of halogens is 6. The molecule has 1 aliphatic carbocycles. The van der Waals surface area contributed by atoms with Crippen molar-refractivity contribution in [1.82, 2.24) is 19.6 Å². The fraction of sp³-hybridized carbons (Fsp3) is 0.500. The number of alkyl halides is 5. The number of rotatable bonds is 6. The van der Waals surface area contributed by atoms with Crippen LogP contribution < -0.4 is 15.0 Å². The summed E-state index contributed by atoms with van der Waals surface area (Å²) in [4.78, 5) is 10.3. The Balaban J connectivity index is 1.31. The van der Waals surface area contributed by atoms with Gasteiger partial charge in [0.1, 0.15) is 0 Å². The SMILES string of the molecule is Cc1cc(N2CC3CC[C@@H](C2)[C@@H]3Nc2nc3c(OCC(F)(F)C(F)(F)F)cccn3n2)c(F)cn1. The number of piperidine rings is 1. The van der Waals surface area contributed by atoms with Crippen LogP contribution in [0.2, 0.25) is 0 Å². The van der Waals surface area contributed by atoms with E-state index in [0.717, 1.165) is 18.5 Å². The van der Waals surface area contributed by atoms with E-state index in [2.05, 4.69) is 20.4 Å². The third kappa shape index (κ3) is 4.43. The number of fused-ring (bicyclic) bond motifs is 3. The van der Waals surface area contributed by atoms with Gasteiger partial charge < -0.3 is 15.0 Å². The molecule has 1 saturated carbocycles. The van der Waals surface area contributed by atoms with Crippen molar-refractivity contribution in [3.05, 3.63) is 42.1 Å². The van der Waals surface area contributed by atoms with Crippen molar-refractivity contribution < 1.29 is 31.1 Å². The minimum absolute atomic E-state index is 0.00795. The summed E-state index contributed by atoms with van der Waals surface area (Å²) < 4.78 is 84.4. The molecule has 1 aliphatic heterocycles. The Bertz CT molecular complexity index is 1220. The number of nitrogens with one attached hydrogen (secondary N) is 1. The van der Waals surface area contributed by atoms with Gasteiger partial charge in [-0.05, 0) is 49.8 Å². The van der Waals surface area contributed by atoms with Gasteiger partial charge in [-0.25, -0.2) is 8.91 Å². The monoisotopic (exact) mass is 500 g/mol. The first-order chi connectivity index (χ1) is 16.5. The Hall–Kier alpha value is -3.25. The highest BCUT2D eigenvalue weighted by atomic mass is 19.4. The van der Waals surface area contributed by atoms with E-state index in [9.17, 15) is 26.3 Å². The Kier molecular flexibility index (Phi) is 5.67. The Labute approximate surface area is 196 Å². The van der Waals surface area contributed by atoms with Gasteiger partial charge in [-0.3, -0.25) is 4.98 Å². The predicted molar refractivity (Wildman–Crippen MR) is 114 cm³/mol. The van der Waals surface area contributed by atoms with Crippen molar-refractivity contribution in [3.8, 4) is 5.75 Å². The largest absolute Gasteiger partial charge is 0.483 e. The standard InChI is InChI=1S/C22H22F6N6O/c1-12-7-16(15(23)8-29-12)33-9-13-4-5-14(10-33)18(13)30-20-31-19-17(3-2-6-34(19)32-20)35-11-21(24,25)22(26,27)28/h2-3,6-8,13-14,18H,4-5,9-11H2,1H3,(H,30,32)/t13-,14?,18-/m0/s1. The molecule has 3 aromatic heterocycles. The van der Waals surface area contributed by atoms with Gasteiger partial charge in [0.05, 0.1) is 11.9 Å². The molecule has 2 fully saturated rings. The summed E-state index contributed by atoms with van der Waals surface area (Å²) in [6.45, 7) is 1.20. The van der Waals surface area contributed by atoms with Crippen LogP contribution in [0.15, 0.2) is 30.6 Å². The van der Waals surface area contributed by atoms with Gasteiger partial charge in [0.2, 0.25) is 5.95 Å². The molecule has 1 unspecified atom stereocenters. The average molecular weight is 500 g/mol. The highest BCUT2D eigenvalue weighted by Crippen LogP contribution is 2.41. The first kappa shape index (κ1) is 23.5. The summed E-state index contributed by atoms with van der Waals surface area (Å²) in [5.41, 5.74) is 1.28. The maximum Gasteiger partial charge on any atom is 0.456 e. The van der Waals surface area contributed by atoms with E-state index in [1.165, 1.54) is 29.0 Å². The van der Waals surface area contributed by atoms with Crippen LogP contribution in [0, 0.1) is 24.6 Å². The molecule has 3 aromatic rings. The van der Waals surface area contributed by atoms with Crippen LogP contribution in [0.4, 0.5) is 38.0 Å². The van der Waals surface area contributed by atoms with Crippen molar-refractivity contribution >= 4 is 17.3 Å². The Morgan fingerprint density at radius 1 is 1.14 bits per heavy atom. The highest BCUT2D eigenvalue weighted by molar-refractivity contribution is 5.56. The number of nitrogens with zero attached hydrogens (tertiary/aromatic N) is 5. The minimum atomic E-state index is -5.72. The fourth-order valence-electron chi connectivity index (χ4n) is 4.88. The van der Waals surface area contributed by atoms with E-state index in [1.807, 2.05) is 11.8 Å². The number of aromatic nitrogens is 4. The zero-order valence-corrected chi connectivity index (χ0v) is 18.6. The van der Waals surface area contributed by atoms with Crippen molar-refractivity contribution in [1.29, 1.82) is 0 Å². The molecule has 1 saturated heterocycles. The van der Waals surface area contributed by atoms with Gasteiger partial charge in [-0.15, -0.1) is 5.10 Å². The molecular formula is C22H22F6N6O. The van der Waals surface area contributed by atoms with Gasteiger partial charge in [0.25, 0.3) is 0 Å². The van der Waals surface area contributed by atoms with Crippen LogP contribution in [0.3, 0.4) is 0 Å². The molecule has 4 heterocycles. The molecule has 13 heteroatoms. The smallest absolute Gasteiger partial charge is 0.456 e. The van der Waals surface area contributed by atoms with Crippen molar-refractivity contribution in [2.75, 3.05) is 29.9 Å². The van der Waals surface area contributed by atoms with Crippen LogP contribution in [-0.2, 0) is 0 Å². The zero-order valence-electron chi connectivity index (χ0n) is 18.6. The lowest BCUT2D eigenvalue weighted by Crippen LogP contribution is -2.48. The van der Waals surface area contributed by atoms with Gasteiger partial charge in [-0.1, -0.05) is 0 Å². The number of anilines is 2. The summed E-state index contributed by atoms with van der Waals surface area (Å²) in [6.07, 6.45) is -1.14. The van der Waals surface area contributed by atoms with Crippen LogP contribution in [-0.4, -0.2) is 57.4 Å². The minimum Gasteiger partial charge on any atom is -0.483 e. The molecule has 35 heavy (non-hydrogen) atoms. The van der Waals surface area contributed by atoms with E-state index in [-0.39, 0.29) is 41.0 Å². The average Bonchev–Trinajstić information content (AvgIpc) is 3.29. The first-order valence-electron chi connectivity index (χ1n) is 11.1. The molecule has 0 spiro atoms. The van der Waals surface area contributed by atoms with E-state index < -0.39 is 18.7 Å². The third-order valence-electron chi connectivity index (χ3n) is 6.59. The molecule has 0 amide bonds. The molecule has 188 valence electrons. The second-order valence-corrected chi connectivity index (χ2v) is 9.02. The van der Waals surface area contributed by atoms with E-state index in [0.29, 0.717) is 18.8 Å². The topological polar surface area (TPSA) is 67.6 Å². The van der Waals surface area contributed by atoms with Gasteiger partial charge in [-0.2, -0.15) is 26.9 Å². The fourth-order valence-corrected chi connectivity index (χ4v) is 4.88. The lowest BCUT2D eigenvalue weighted by Gasteiger charge is -2.39. The molecule has 1 N–H and O–H groups in total. The number of aryl methyl sites for hydroxylation is 1. The maximum absolute atomic E-state index is 14.4. The van der Waals surface area contributed by atoms with Crippen molar-refractivity contribution in [3.63, 3.8) is 0 Å².